The maximum absolute atomic E-state index is 9.74. The standard InChI is InChI=1S/C4H7NO3.C2H4O2/c1-2-8-3(5)4(6)7;1-2(3)4/h5H,2H2,1H3,(H,6,7);1H3,(H,3,4). The molecular formula is C6H11NO5. The molecule has 0 unspecified atom stereocenters. The second-order valence-corrected chi connectivity index (χ2v) is 1.59. The molecule has 0 heterocycles. The lowest BCUT2D eigenvalue weighted by molar-refractivity contribution is -0.134. The third-order valence-electron chi connectivity index (χ3n) is 0.483. The van der Waals surface area contributed by atoms with Gasteiger partial charge in [0.2, 0.25) is 0 Å². The normalized spacial score (nSPS) is 7.50. The van der Waals surface area contributed by atoms with Gasteiger partial charge in [-0.2, -0.15) is 0 Å². The minimum Gasteiger partial charge on any atom is -0.481 e. The second-order valence-electron chi connectivity index (χ2n) is 1.59. The van der Waals surface area contributed by atoms with Crippen molar-refractivity contribution in [2.75, 3.05) is 6.61 Å². The number of rotatable bonds is 1. The van der Waals surface area contributed by atoms with Gasteiger partial charge < -0.3 is 14.9 Å². The van der Waals surface area contributed by atoms with Crippen LogP contribution in [0.2, 0.25) is 0 Å². The molecule has 0 aromatic rings. The Balaban J connectivity index is 0. The zero-order chi connectivity index (χ0) is 10.1. The van der Waals surface area contributed by atoms with Gasteiger partial charge in [0.05, 0.1) is 6.61 Å². The van der Waals surface area contributed by atoms with Crippen LogP contribution < -0.4 is 0 Å². The van der Waals surface area contributed by atoms with E-state index in [2.05, 4.69) is 4.74 Å². The van der Waals surface area contributed by atoms with E-state index in [1.54, 1.807) is 6.92 Å². The molecule has 70 valence electrons. The van der Waals surface area contributed by atoms with Crippen molar-refractivity contribution in [2.45, 2.75) is 13.8 Å². The van der Waals surface area contributed by atoms with Crippen LogP contribution >= 0.6 is 0 Å². The number of aliphatic carboxylic acids is 2. The fourth-order valence-corrected chi connectivity index (χ4v) is 0.206. The van der Waals surface area contributed by atoms with Gasteiger partial charge in [0.25, 0.3) is 11.9 Å². The molecule has 12 heavy (non-hydrogen) atoms. The highest BCUT2D eigenvalue weighted by atomic mass is 16.5. The minimum absolute atomic E-state index is 0.227. The molecule has 0 saturated heterocycles. The minimum atomic E-state index is -1.33. The van der Waals surface area contributed by atoms with Crippen molar-refractivity contribution < 1.29 is 24.5 Å². The number of nitrogens with one attached hydrogen (secondary N) is 1. The monoisotopic (exact) mass is 177 g/mol. The molecule has 0 amide bonds. The molecule has 6 heteroatoms. The lowest BCUT2D eigenvalue weighted by atomic mass is 10.7. The number of hydrogen-bond acceptors (Lipinski definition) is 4. The summed E-state index contributed by atoms with van der Waals surface area (Å²) in [7, 11) is 0. The zero-order valence-electron chi connectivity index (χ0n) is 6.83. The highest BCUT2D eigenvalue weighted by molar-refractivity contribution is 6.30. The molecule has 0 aromatic carbocycles. The molecule has 0 aromatic heterocycles. The Morgan fingerprint density at radius 2 is 1.75 bits per heavy atom. The molecular weight excluding hydrogens is 166 g/mol. The molecule has 3 N–H and O–H groups in total. The van der Waals surface area contributed by atoms with E-state index in [1.807, 2.05) is 0 Å². The van der Waals surface area contributed by atoms with Crippen molar-refractivity contribution in [3.8, 4) is 0 Å². The van der Waals surface area contributed by atoms with Crippen molar-refractivity contribution in [1.29, 1.82) is 5.41 Å². The summed E-state index contributed by atoms with van der Waals surface area (Å²) in [6, 6.07) is 0. The van der Waals surface area contributed by atoms with Crippen molar-refractivity contribution in [1.82, 2.24) is 0 Å². The SMILES string of the molecule is CC(=O)O.CCOC(=N)C(=O)O. The fraction of sp³-hybridized carbons (Fsp3) is 0.500. The zero-order valence-corrected chi connectivity index (χ0v) is 6.83. The van der Waals surface area contributed by atoms with Gasteiger partial charge in [0.1, 0.15) is 0 Å². The van der Waals surface area contributed by atoms with Gasteiger partial charge in [-0.1, -0.05) is 0 Å². The molecule has 0 saturated carbocycles. The Morgan fingerprint density at radius 1 is 1.42 bits per heavy atom. The molecule has 0 rings (SSSR count). The Hall–Kier alpha value is -1.59. The average molecular weight is 177 g/mol. The third-order valence-corrected chi connectivity index (χ3v) is 0.483. The van der Waals surface area contributed by atoms with E-state index in [4.69, 9.17) is 20.4 Å². The van der Waals surface area contributed by atoms with E-state index >= 15 is 0 Å². The molecule has 0 atom stereocenters. The summed E-state index contributed by atoms with van der Waals surface area (Å²) in [6.07, 6.45) is 0. The summed E-state index contributed by atoms with van der Waals surface area (Å²) in [5, 5.41) is 21.9. The van der Waals surface area contributed by atoms with E-state index in [0.29, 0.717) is 0 Å². The average Bonchev–Trinajstić information content (AvgIpc) is 1.86. The van der Waals surface area contributed by atoms with E-state index in [1.165, 1.54) is 0 Å². The van der Waals surface area contributed by atoms with Crippen molar-refractivity contribution in [3.63, 3.8) is 0 Å². The summed E-state index contributed by atoms with van der Waals surface area (Å²) in [4.78, 5) is 18.7. The number of carboxylic acids is 2. The molecule has 0 aliphatic carbocycles. The first kappa shape index (κ1) is 13.0. The van der Waals surface area contributed by atoms with Crippen LogP contribution in [-0.4, -0.2) is 34.7 Å². The summed E-state index contributed by atoms with van der Waals surface area (Å²) in [5.41, 5.74) is 0. The molecule has 6 nitrogen and oxygen atoms in total. The van der Waals surface area contributed by atoms with Crippen LogP contribution in [0.25, 0.3) is 0 Å². The molecule has 0 spiro atoms. The Labute approximate surface area is 69.3 Å². The van der Waals surface area contributed by atoms with Crippen LogP contribution in [0.3, 0.4) is 0 Å². The molecule has 0 aliphatic rings. The first-order chi connectivity index (χ1) is 5.41. The highest BCUT2D eigenvalue weighted by Crippen LogP contribution is 1.75. The summed E-state index contributed by atoms with van der Waals surface area (Å²) < 4.78 is 4.29. The first-order valence-electron chi connectivity index (χ1n) is 3.06. The number of carbonyl (C=O) groups is 2. The number of hydrogen-bond donors (Lipinski definition) is 3. The van der Waals surface area contributed by atoms with E-state index in [9.17, 15) is 4.79 Å². The molecule has 0 bridgehead atoms. The Bertz CT molecular complexity index is 173. The largest absolute Gasteiger partial charge is 0.481 e. The van der Waals surface area contributed by atoms with Crippen LogP contribution in [0.15, 0.2) is 0 Å². The van der Waals surface area contributed by atoms with E-state index < -0.39 is 17.8 Å². The van der Waals surface area contributed by atoms with Gasteiger partial charge in [0, 0.05) is 6.92 Å². The van der Waals surface area contributed by atoms with Gasteiger partial charge in [-0.25, -0.2) is 4.79 Å². The smallest absolute Gasteiger partial charge is 0.391 e. The van der Waals surface area contributed by atoms with Crippen LogP contribution in [0.5, 0.6) is 0 Å². The number of ether oxygens (including phenoxy) is 1. The van der Waals surface area contributed by atoms with Gasteiger partial charge in [-0.15, -0.1) is 0 Å². The van der Waals surface area contributed by atoms with Crippen molar-refractivity contribution in [2.24, 2.45) is 0 Å². The number of carboxylic acid groups (broad SMARTS) is 2. The van der Waals surface area contributed by atoms with Crippen molar-refractivity contribution >= 4 is 17.8 Å². The maximum atomic E-state index is 9.74. The lowest BCUT2D eigenvalue weighted by Crippen LogP contribution is -2.14. The predicted molar refractivity (Wildman–Crippen MR) is 40.3 cm³/mol. The van der Waals surface area contributed by atoms with E-state index in [0.717, 1.165) is 6.92 Å². The Kier molecular flexibility index (Phi) is 8.16. The van der Waals surface area contributed by atoms with Crippen molar-refractivity contribution in [3.05, 3.63) is 0 Å². The van der Waals surface area contributed by atoms with Crippen LogP contribution in [0, 0.1) is 5.41 Å². The van der Waals surface area contributed by atoms with Gasteiger partial charge in [-0.05, 0) is 6.92 Å². The van der Waals surface area contributed by atoms with Gasteiger partial charge in [0.15, 0.2) is 0 Å². The lowest BCUT2D eigenvalue weighted by Gasteiger charge is -1.95. The van der Waals surface area contributed by atoms with Gasteiger partial charge >= 0.3 is 5.97 Å². The molecule has 0 fully saturated rings. The van der Waals surface area contributed by atoms with Crippen LogP contribution in [0.1, 0.15) is 13.8 Å². The summed E-state index contributed by atoms with van der Waals surface area (Å²) in [6.45, 7) is 2.93. The van der Waals surface area contributed by atoms with E-state index in [-0.39, 0.29) is 6.61 Å². The summed E-state index contributed by atoms with van der Waals surface area (Å²) in [5.74, 6) is -2.86. The van der Waals surface area contributed by atoms with Gasteiger partial charge in [-0.3, -0.25) is 10.2 Å². The molecule has 0 radical (unpaired) electrons. The molecule has 0 aliphatic heterocycles. The van der Waals surface area contributed by atoms with Crippen LogP contribution in [-0.2, 0) is 14.3 Å². The first-order valence-corrected chi connectivity index (χ1v) is 3.06. The predicted octanol–water partition coefficient (Wildman–Crippen LogP) is 0.176. The Morgan fingerprint density at radius 3 is 1.83 bits per heavy atom. The summed E-state index contributed by atoms with van der Waals surface area (Å²) >= 11 is 0. The quantitative estimate of drug-likeness (QED) is 0.391. The topological polar surface area (TPSA) is 108 Å². The fourth-order valence-electron chi connectivity index (χ4n) is 0.206. The van der Waals surface area contributed by atoms with Crippen LogP contribution in [0.4, 0.5) is 0 Å². The maximum Gasteiger partial charge on any atom is 0.391 e. The third kappa shape index (κ3) is 15.8. The highest BCUT2D eigenvalue weighted by Gasteiger charge is 2.04. The second kappa shape index (κ2) is 7.52.